The van der Waals surface area contributed by atoms with Crippen LogP contribution in [0, 0.1) is 6.92 Å². The lowest BCUT2D eigenvalue weighted by molar-refractivity contribution is 0.875. The summed E-state index contributed by atoms with van der Waals surface area (Å²) in [6, 6.07) is 11.9. The van der Waals surface area contributed by atoms with Gasteiger partial charge in [-0.25, -0.2) is 0 Å². The molecule has 0 fully saturated rings. The highest BCUT2D eigenvalue weighted by atomic mass is 16.1. The van der Waals surface area contributed by atoms with Crippen molar-refractivity contribution in [1.29, 1.82) is 0 Å². The van der Waals surface area contributed by atoms with Crippen LogP contribution in [-0.2, 0) is 0 Å². The van der Waals surface area contributed by atoms with E-state index in [0.29, 0.717) is 5.92 Å². The molecule has 0 aliphatic rings. The Hall–Kier alpha value is -2.09. The second kappa shape index (κ2) is 4.23. The Morgan fingerprint density at radius 1 is 1.05 bits per heavy atom. The van der Waals surface area contributed by atoms with E-state index in [0.717, 1.165) is 32.9 Å². The third-order valence-corrected chi connectivity index (χ3v) is 3.73. The number of hydrogen-bond acceptors (Lipinski definition) is 1. The zero-order valence-corrected chi connectivity index (χ0v) is 11.4. The second-order valence-corrected chi connectivity index (χ2v) is 5.38. The summed E-state index contributed by atoms with van der Waals surface area (Å²) in [6.07, 6.45) is 0. The minimum absolute atomic E-state index is 0.136. The lowest BCUT2D eigenvalue weighted by atomic mass is 9.95. The van der Waals surface area contributed by atoms with E-state index in [1.165, 1.54) is 0 Å². The molecule has 2 nitrogen and oxygen atoms in total. The minimum atomic E-state index is 0.136. The van der Waals surface area contributed by atoms with Crippen molar-refractivity contribution in [3.8, 4) is 0 Å². The van der Waals surface area contributed by atoms with E-state index in [1.807, 2.05) is 31.2 Å². The summed E-state index contributed by atoms with van der Waals surface area (Å²) in [5, 5.41) is 1.61. The number of para-hydroxylation sites is 1. The molecule has 0 saturated carbocycles. The summed E-state index contributed by atoms with van der Waals surface area (Å²) in [7, 11) is 0. The van der Waals surface area contributed by atoms with Gasteiger partial charge in [-0.1, -0.05) is 38.1 Å². The van der Waals surface area contributed by atoms with Crippen LogP contribution in [0.2, 0.25) is 0 Å². The van der Waals surface area contributed by atoms with Crippen LogP contribution in [0.25, 0.3) is 21.8 Å². The van der Waals surface area contributed by atoms with Gasteiger partial charge in [0.1, 0.15) is 0 Å². The summed E-state index contributed by atoms with van der Waals surface area (Å²) >= 11 is 0. The fourth-order valence-electron chi connectivity index (χ4n) is 2.67. The third kappa shape index (κ3) is 1.75. The number of nitrogens with one attached hydrogen (secondary N) is 1. The van der Waals surface area contributed by atoms with Crippen LogP contribution < -0.4 is 5.43 Å². The van der Waals surface area contributed by atoms with Crippen LogP contribution in [0.15, 0.2) is 41.2 Å². The lowest BCUT2D eigenvalue weighted by Gasteiger charge is -2.12. The average Bonchev–Trinajstić information content (AvgIpc) is 2.40. The zero-order chi connectivity index (χ0) is 13.6. The van der Waals surface area contributed by atoms with Crippen molar-refractivity contribution in [1.82, 2.24) is 4.98 Å². The van der Waals surface area contributed by atoms with Gasteiger partial charge in [-0.3, -0.25) is 4.79 Å². The smallest absolute Gasteiger partial charge is 0.197 e. The van der Waals surface area contributed by atoms with Gasteiger partial charge in [0.15, 0.2) is 5.43 Å². The van der Waals surface area contributed by atoms with Crippen molar-refractivity contribution in [3.05, 3.63) is 57.7 Å². The number of rotatable bonds is 1. The molecule has 0 spiro atoms. The molecular formula is C17H17NO. The fraction of sp³-hybridized carbons (Fsp3) is 0.235. The molecule has 3 rings (SSSR count). The summed E-state index contributed by atoms with van der Waals surface area (Å²) in [4.78, 5) is 16.2. The zero-order valence-electron chi connectivity index (χ0n) is 11.4. The molecule has 2 heteroatoms. The van der Waals surface area contributed by atoms with Gasteiger partial charge in [0.25, 0.3) is 0 Å². The van der Waals surface area contributed by atoms with E-state index in [9.17, 15) is 4.79 Å². The molecule has 19 heavy (non-hydrogen) atoms. The topological polar surface area (TPSA) is 32.9 Å². The summed E-state index contributed by atoms with van der Waals surface area (Å²) in [6.45, 7) is 6.29. The monoisotopic (exact) mass is 251 g/mol. The quantitative estimate of drug-likeness (QED) is 0.648. The average molecular weight is 251 g/mol. The molecule has 0 atom stereocenters. The van der Waals surface area contributed by atoms with Crippen molar-refractivity contribution >= 4 is 21.8 Å². The third-order valence-electron chi connectivity index (χ3n) is 3.73. The van der Waals surface area contributed by atoms with Crippen molar-refractivity contribution in [3.63, 3.8) is 0 Å². The van der Waals surface area contributed by atoms with Crippen LogP contribution in [0.4, 0.5) is 0 Å². The molecule has 0 aliphatic heterocycles. The van der Waals surface area contributed by atoms with Gasteiger partial charge in [-0.05, 0) is 36.1 Å². The molecule has 1 aromatic heterocycles. The minimum Gasteiger partial charge on any atom is -0.354 e. The number of pyridine rings is 1. The molecule has 96 valence electrons. The summed E-state index contributed by atoms with van der Waals surface area (Å²) < 4.78 is 0. The molecule has 0 radical (unpaired) electrons. The molecule has 1 N–H and O–H groups in total. The first kappa shape index (κ1) is 12.0. The van der Waals surface area contributed by atoms with Gasteiger partial charge in [-0.15, -0.1) is 0 Å². The van der Waals surface area contributed by atoms with E-state index in [4.69, 9.17) is 0 Å². The number of aromatic nitrogens is 1. The Balaban J connectivity index is 2.61. The Morgan fingerprint density at radius 3 is 2.53 bits per heavy atom. The molecular weight excluding hydrogens is 234 g/mol. The normalized spacial score (nSPS) is 11.6. The largest absolute Gasteiger partial charge is 0.354 e. The van der Waals surface area contributed by atoms with Crippen molar-refractivity contribution in [2.24, 2.45) is 0 Å². The number of fused-ring (bicyclic) bond motifs is 2. The first-order valence-electron chi connectivity index (χ1n) is 6.64. The highest BCUT2D eigenvalue weighted by Gasteiger charge is 2.13. The fourth-order valence-corrected chi connectivity index (χ4v) is 2.67. The number of hydrogen-bond donors (Lipinski definition) is 1. The van der Waals surface area contributed by atoms with E-state index >= 15 is 0 Å². The van der Waals surface area contributed by atoms with E-state index in [1.54, 1.807) is 0 Å². The first-order valence-corrected chi connectivity index (χ1v) is 6.64. The van der Waals surface area contributed by atoms with Crippen molar-refractivity contribution < 1.29 is 0 Å². The van der Waals surface area contributed by atoms with Gasteiger partial charge in [-0.2, -0.15) is 0 Å². The number of aryl methyl sites for hydroxylation is 1. The maximum Gasteiger partial charge on any atom is 0.197 e. The highest BCUT2D eigenvalue weighted by molar-refractivity contribution is 5.95. The van der Waals surface area contributed by atoms with Crippen molar-refractivity contribution in [2.45, 2.75) is 26.7 Å². The van der Waals surface area contributed by atoms with E-state index < -0.39 is 0 Å². The molecule has 0 aliphatic carbocycles. The second-order valence-electron chi connectivity index (χ2n) is 5.38. The van der Waals surface area contributed by atoms with Gasteiger partial charge in [0, 0.05) is 16.3 Å². The predicted octanol–water partition coefficient (Wildman–Crippen LogP) is 4.11. The standard InChI is InChI=1S/C17H17NO/c1-10(2)12-9-8-11(3)16-15(12)17(19)13-6-4-5-7-14(13)18-16/h4-10H,1-3H3,(H,18,19). The molecule has 3 aromatic rings. The van der Waals surface area contributed by atoms with Crippen LogP contribution in [0.3, 0.4) is 0 Å². The maximum absolute atomic E-state index is 12.7. The van der Waals surface area contributed by atoms with Crippen LogP contribution in [-0.4, -0.2) is 4.98 Å². The van der Waals surface area contributed by atoms with E-state index in [2.05, 4.69) is 31.0 Å². The highest BCUT2D eigenvalue weighted by Crippen LogP contribution is 2.26. The summed E-state index contributed by atoms with van der Waals surface area (Å²) in [5.74, 6) is 0.338. The Labute approximate surface area is 112 Å². The molecule has 2 aromatic carbocycles. The van der Waals surface area contributed by atoms with Gasteiger partial charge in [0.05, 0.1) is 5.52 Å². The van der Waals surface area contributed by atoms with E-state index in [-0.39, 0.29) is 5.43 Å². The predicted molar refractivity (Wildman–Crippen MR) is 80.9 cm³/mol. The Bertz CT molecular complexity index is 828. The van der Waals surface area contributed by atoms with Crippen LogP contribution >= 0.6 is 0 Å². The van der Waals surface area contributed by atoms with Crippen molar-refractivity contribution in [2.75, 3.05) is 0 Å². The maximum atomic E-state index is 12.7. The SMILES string of the molecule is Cc1ccc(C(C)C)c2c(=O)c3ccccc3[nH]c12. The first-order chi connectivity index (χ1) is 9.09. The summed E-state index contributed by atoms with van der Waals surface area (Å²) in [5.41, 5.74) is 4.24. The molecule has 1 heterocycles. The van der Waals surface area contributed by atoms with Crippen LogP contribution in [0.1, 0.15) is 30.9 Å². The Kier molecular flexibility index (Phi) is 2.67. The number of benzene rings is 2. The number of H-pyrrole nitrogens is 1. The van der Waals surface area contributed by atoms with Crippen LogP contribution in [0.5, 0.6) is 0 Å². The number of aromatic amines is 1. The van der Waals surface area contributed by atoms with Gasteiger partial charge < -0.3 is 4.98 Å². The molecule has 0 bridgehead atoms. The molecule has 0 unspecified atom stereocenters. The van der Waals surface area contributed by atoms with Gasteiger partial charge in [0.2, 0.25) is 0 Å². The van der Waals surface area contributed by atoms with Gasteiger partial charge >= 0.3 is 0 Å². The lowest BCUT2D eigenvalue weighted by Crippen LogP contribution is -2.08. The molecule has 0 amide bonds. The Morgan fingerprint density at radius 2 is 1.79 bits per heavy atom. The molecule has 0 saturated heterocycles.